The summed E-state index contributed by atoms with van der Waals surface area (Å²) in [5.74, 6) is -2.93. The van der Waals surface area contributed by atoms with Gasteiger partial charge >= 0.3 is 11.9 Å². The van der Waals surface area contributed by atoms with Crippen molar-refractivity contribution in [1.82, 2.24) is 0 Å². The van der Waals surface area contributed by atoms with Crippen molar-refractivity contribution in [1.29, 1.82) is 0 Å². The van der Waals surface area contributed by atoms with E-state index >= 15 is 0 Å². The number of esters is 1. The van der Waals surface area contributed by atoms with E-state index in [-0.39, 0.29) is 5.92 Å². The fourth-order valence-corrected chi connectivity index (χ4v) is 2.68. The van der Waals surface area contributed by atoms with Crippen LogP contribution in [0.1, 0.15) is 52.0 Å². The SMILES string of the molecule is CCCCOC(=O)C(C(C)=CC(C)c1ccccc1)C(C)C(=O)O. The van der Waals surface area contributed by atoms with Crippen LogP contribution in [0.2, 0.25) is 0 Å². The quantitative estimate of drug-likeness (QED) is 0.413. The third-order valence-electron chi connectivity index (χ3n) is 4.21. The minimum Gasteiger partial charge on any atom is -0.481 e. The maximum Gasteiger partial charge on any atom is 0.313 e. The molecule has 3 unspecified atom stereocenters. The molecule has 0 saturated heterocycles. The van der Waals surface area contributed by atoms with E-state index in [0.29, 0.717) is 6.61 Å². The Labute approximate surface area is 144 Å². The van der Waals surface area contributed by atoms with E-state index in [1.165, 1.54) is 0 Å². The molecule has 0 aliphatic rings. The van der Waals surface area contributed by atoms with Crippen molar-refractivity contribution in [2.75, 3.05) is 6.61 Å². The molecule has 0 fully saturated rings. The van der Waals surface area contributed by atoms with Gasteiger partial charge in [-0.15, -0.1) is 0 Å². The molecule has 24 heavy (non-hydrogen) atoms. The van der Waals surface area contributed by atoms with Gasteiger partial charge in [0.25, 0.3) is 0 Å². The summed E-state index contributed by atoms with van der Waals surface area (Å²) < 4.78 is 5.28. The summed E-state index contributed by atoms with van der Waals surface area (Å²) in [7, 11) is 0. The van der Waals surface area contributed by atoms with Crippen molar-refractivity contribution >= 4 is 11.9 Å². The Morgan fingerprint density at radius 1 is 1.21 bits per heavy atom. The second-order valence-corrected chi connectivity index (χ2v) is 6.24. The summed E-state index contributed by atoms with van der Waals surface area (Å²) >= 11 is 0. The van der Waals surface area contributed by atoms with Gasteiger partial charge in [-0.05, 0) is 24.8 Å². The zero-order valence-corrected chi connectivity index (χ0v) is 15.0. The molecule has 0 aliphatic heterocycles. The van der Waals surface area contributed by atoms with Crippen LogP contribution in [0.15, 0.2) is 42.0 Å². The first-order chi connectivity index (χ1) is 11.4. The van der Waals surface area contributed by atoms with Crippen LogP contribution in [0.4, 0.5) is 0 Å². The molecule has 1 N–H and O–H groups in total. The number of ether oxygens (including phenoxy) is 1. The zero-order chi connectivity index (χ0) is 18.1. The predicted molar refractivity (Wildman–Crippen MR) is 94.8 cm³/mol. The molecule has 4 heteroatoms. The second kappa shape index (κ2) is 9.91. The van der Waals surface area contributed by atoms with E-state index in [0.717, 1.165) is 24.0 Å². The minimum absolute atomic E-state index is 0.0955. The molecule has 132 valence electrons. The molecule has 3 atom stereocenters. The van der Waals surface area contributed by atoms with E-state index in [1.54, 1.807) is 6.92 Å². The standard InChI is InChI=1S/C20H28O4/c1-5-6-12-24-20(23)18(16(4)19(21)22)15(3)13-14(2)17-10-8-7-9-11-17/h7-11,13-14,16,18H,5-6,12H2,1-4H3,(H,21,22). The fourth-order valence-electron chi connectivity index (χ4n) is 2.68. The van der Waals surface area contributed by atoms with Crippen LogP contribution < -0.4 is 0 Å². The zero-order valence-electron chi connectivity index (χ0n) is 15.0. The summed E-state index contributed by atoms with van der Waals surface area (Å²) in [5.41, 5.74) is 1.86. The number of carbonyl (C=O) groups excluding carboxylic acids is 1. The molecule has 0 radical (unpaired) electrons. The molecule has 1 rings (SSSR count). The van der Waals surface area contributed by atoms with E-state index < -0.39 is 23.8 Å². The number of aliphatic carboxylic acids is 1. The molecule has 4 nitrogen and oxygen atoms in total. The highest BCUT2D eigenvalue weighted by atomic mass is 16.5. The predicted octanol–water partition coefficient (Wildman–Crippen LogP) is 4.42. The normalized spacial score (nSPS) is 15.4. The molecule has 0 heterocycles. The molecule has 0 aromatic heterocycles. The van der Waals surface area contributed by atoms with Gasteiger partial charge in [-0.25, -0.2) is 0 Å². The van der Waals surface area contributed by atoms with E-state index in [4.69, 9.17) is 4.74 Å². The van der Waals surface area contributed by atoms with Gasteiger partial charge in [0.1, 0.15) is 0 Å². The Bertz CT molecular complexity index is 562. The van der Waals surface area contributed by atoms with Gasteiger partial charge in [0, 0.05) is 0 Å². The summed E-state index contributed by atoms with van der Waals surface area (Å²) in [6.45, 7) is 7.74. The number of hydrogen-bond acceptors (Lipinski definition) is 3. The van der Waals surface area contributed by atoms with Gasteiger partial charge < -0.3 is 9.84 Å². The van der Waals surface area contributed by atoms with Crippen LogP contribution in [-0.4, -0.2) is 23.7 Å². The molecule has 0 aliphatic carbocycles. The molecule has 0 bridgehead atoms. The lowest BCUT2D eigenvalue weighted by molar-refractivity contribution is -0.155. The smallest absolute Gasteiger partial charge is 0.313 e. The molecule has 0 amide bonds. The summed E-state index contributed by atoms with van der Waals surface area (Å²) in [5, 5.41) is 9.34. The number of carboxylic acids is 1. The number of carbonyl (C=O) groups is 2. The van der Waals surface area contributed by atoms with Crippen LogP contribution in [0.25, 0.3) is 0 Å². The topological polar surface area (TPSA) is 63.6 Å². The third-order valence-corrected chi connectivity index (χ3v) is 4.21. The number of unbranched alkanes of at least 4 members (excludes halogenated alkanes) is 1. The molecule has 0 saturated carbocycles. The van der Waals surface area contributed by atoms with E-state index in [9.17, 15) is 14.7 Å². The van der Waals surface area contributed by atoms with Gasteiger partial charge in [-0.3, -0.25) is 9.59 Å². The van der Waals surface area contributed by atoms with Gasteiger partial charge in [0.2, 0.25) is 0 Å². The lowest BCUT2D eigenvalue weighted by Gasteiger charge is -2.21. The highest BCUT2D eigenvalue weighted by Crippen LogP contribution is 2.27. The Hall–Kier alpha value is -2.10. The molecule has 1 aromatic carbocycles. The van der Waals surface area contributed by atoms with Crippen molar-refractivity contribution in [3.8, 4) is 0 Å². The molecule has 0 spiro atoms. The lowest BCUT2D eigenvalue weighted by atomic mass is 9.85. The van der Waals surface area contributed by atoms with Gasteiger partial charge in [0.15, 0.2) is 0 Å². The van der Waals surface area contributed by atoms with Crippen molar-refractivity contribution < 1.29 is 19.4 Å². The fraction of sp³-hybridized carbons (Fsp3) is 0.500. The summed E-state index contributed by atoms with van der Waals surface area (Å²) in [6.07, 6.45) is 3.66. The monoisotopic (exact) mass is 332 g/mol. The van der Waals surface area contributed by atoms with E-state index in [1.807, 2.05) is 57.2 Å². The Balaban J connectivity index is 2.97. The number of allylic oxidation sites excluding steroid dienone is 1. The van der Waals surface area contributed by atoms with Crippen LogP contribution in [0.3, 0.4) is 0 Å². The first-order valence-electron chi connectivity index (χ1n) is 8.51. The molecular formula is C20H28O4. The molecule has 1 aromatic rings. The van der Waals surface area contributed by atoms with Crippen molar-refractivity contribution in [2.24, 2.45) is 11.8 Å². The average Bonchev–Trinajstić information content (AvgIpc) is 2.55. The number of hydrogen-bond donors (Lipinski definition) is 1. The van der Waals surface area contributed by atoms with Crippen molar-refractivity contribution in [3.05, 3.63) is 47.5 Å². The van der Waals surface area contributed by atoms with Crippen LogP contribution >= 0.6 is 0 Å². The first kappa shape index (κ1) is 19.9. The lowest BCUT2D eigenvalue weighted by Crippen LogP contribution is -2.30. The highest BCUT2D eigenvalue weighted by molar-refractivity contribution is 5.83. The largest absolute Gasteiger partial charge is 0.481 e. The molecular weight excluding hydrogens is 304 g/mol. The summed E-state index contributed by atoms with van der Waals surface area (Å²) in [6, 6.07) is 9.91. The third kappa shape index (κ3) is 5.84. The minimum atomic E-state index is -0.993. The van der Waals surface area contributed by atoms with Crippen LogP contribution in [0.5, 0.6) is 0 Å². The van der Waals surface area contributed by atoms with Crippen LogP contribution in [0, 0.1) is 11.8 Å². The number of rotatable bonds is 9. The Morgan fingerprint density at radius 2 is 1.83 bits per heavy atom. The second-order valence-electron chi connectivity index (χ2n) is 6.24. The number of carboxylic acid groups (broad SMARTS) is 1. The highest BCUT2D eigenvalue weighted by Gasteiger charge is 2.33. The summed E-state index contributed by atoms with van der Waals surface area (Å²) in [4.78, 5) is 23.8. The van der Waals surface area contributed by atoms with Crippen LogP contribution in [-0.2, 0) is 14.3 Å². The first-order valence-corrected chi connectivity index (χ1v) is 8.51. The number of benzene rings is 1. The maximum atomic E-state index is 12.4. The average molecular weight is 332 g/mol. The van der Waals surface area contributed by atoms with Gasteiger partial charge in [0.05, 0.1) is 18.4 Å². The van der Waals surface area contributed by atoms with Crippen molar-refractivity contribution in [2.45, 2.75) is 46.5 Å². The van der Waals surface area contributed by atoms with E-state index in [2.05, 4.69) is 0 Å². The Morgan fingerprint density at radius 3 is 2.38 bits per heavy atom. The van der Waals surface area contributed by atoms with Crippen molar-refractivity contribution in [3.63, 3.8) is 0 Å². The maximum absolute atomic E-state index is 12.4. The Kier molecular flexibility index (Phi) is 8.24. The van der Waals surface area contributed by atoms with Gasteiger partial charge in [-0.2, -0.15) is 0 Å². The van der Waals surface area contributed by atoms with Gasteiger partial charge in [-0.1, -0.05) is 69.2 Å².